The lowest BCUT2D eigenvalue weighted by molar-refractivity contribution is 0.102. The summed E-state index contributed by atoms with van der Waals surface area (Å²) in [6.07, 6.45) is 5.08. The number of aromatic hydroxyl groups is 1. The molecular weight excluding hydrogens is 442 g/mol. The second-order valence-electron chi connectivity index (χ2n) is 8.71. The molecule has 0 radical (unpaired) electrons. The number of rotatable bonds is 6. The summed E-state index contributed by atoms with van der Waals surface area (Å²) in [7, 11) is 0. The van der Waals surface area contributed by atoms with Gasteiger partial charge in [0.25, 0.3) is 5.91 Å². The van der Waals surface area contributed by atoms with Crippen LogP contribution in [0.1, 0.15) is 45.9 Å². The van der Waals surface area contributed by atoms with Gasteiger partial charge in [-0.05, 0) is 61.7 Å². The first-order valence-electron chi connectivity index (χ1n) is 11.5. The summed E-state index contributed by atoms with van der Waals surface area (Å²) in [4.78, 5) is 29.4. The van der Waals surface area contributed by atoms with Crippen LogP contribution in [0, 0.1) is 6.92 Å². The predicted octanol–water partition coefficient (Wildman–Crippen LogP) is 4.85. The van der Waals surface area contributed by atoms with Crippen molar-refractivity contribution in [2.24, 2.45) is 0 Å². The molecule has 0 saturated heterocycles. The lowest BCUT2D eigenvalue weighted by Crippen LogP contribution is -2.30. The number of phenolic OH excluding ortho intramolecular Hbond substituents is 1. The van der Waals surface area contributed by atoms with Gasteiger partial charge in [0.1, 0.15) is 5.75 Å². The average molecular weight is 468 g/mol. The van der Waals surface area contributed by atoms with Gasteiger partial charge in [-0.3, -0.25) is 9.78 Å². The lowest BCUT2D eigenvalue weighted by Gasteiger charge is -2.09. The lowest BCUT2D eigenvalue weighted by atomic mass is 10.1. The van der Waals surface area contributed by atoms with Crippen molar-refractivity contribution in [2.75, 3.05) is 5.32 Å². The Kier molecular flexibility index (Phi) is 6.01. The number of carbonyl (C=O) groups is 2. The molecule has 3 N–H and O–H groups in total. The molecule has 1 aliphatic rings. The Hall–Kier alpha value is -4.46. The molecular formula is C27H25N5O3. The maximum Gasteiger partial charge on any atom is 0.342 e. The van der Waals surface area contributed by atoms with E-state index < -0.39 is 0 Å². The molecule has 2 aromatic heterocycles. The third-order valence-electron chi connectivity index (χ3n) is 5.96. The Labute approximate surface area is 202 Å². The number of aryl methyl sites for hydroxylation is 1. The van der Waals surface area contributed by atoms with E-state index in [1.165, 1.54) is 10.7 Å². The van der Waals surface area contributed by atoms with Crippen LogP contribution < -0.4 is 10.6 Å². The molecule has 5 rings (SSSR count). The van der Waals surface area contributed by atoms with Gasteiger partial charge in [-0.15, -0.1) is 0 Å². The highest BCUT2D eigenvalue weighted by Crippen LogP contribution is 2.42. The van der Waals surface area contributed by atoms with E-state index in [1.54, 1.807) is 36.7 Å². The van der Waals surface area contributed by atoms with E-state index in [9.17, 15) is 14.7 Å². The molecule has 35 heavy (non-hydrogen) atoms. The third-order valence-corrected chi connectivity index (χ3v) is 5.96. The molecule has 1 saturated carbocycles. The number of benzene rings is 2. The highest BCUT2D eigenvalue weighted by molar-refractivity contribution is 6.04. The van der Waals surface area contributed by atoms with E-state index in [2.05, 4.69) is 20.7 Å². The Morgan fingerprint density at radius 2 is 1.77 bits per heavy atom. The van der Waals surface area contributed by atoms with Crippen molar-refractivity contribution in [3.63, 3.8) is 0 Å². The van der Waals surface area contributed by atoms with Crippen molar-refractivity contribution < 1.29 is 14.7 Å². The molecule has 176 valence electrons. The second kappa shape index (κ2) is 9.42. The van der Waals surface area contributed by atoms with E-state index in [0.29, 0.717) is 29.1 Å². The maximum absolute atomic E-state index is 13.0. The summed E-state index contributed by atoms with van der Waals surface area (Å²) in [5.74, 6) is -0.0132. The Morgan fingerprint density at radius 1 is 1.03 bits per heavy atom. The number of anilines is 1. The third kappa shape index (κ3) is 5.06. The Bertz CT molecular complexity index is 1380. The molecule has 8 nitrogen and oxygen atoms in total. The molecule has 2 amide bonds. The highest BCUT2D eigenvalue weighted by Gasteiger charge is 2.30. The number of hydrogen-bond donors (Lipinski definition) is 3. The van der Waals surface area contributed by atoms with Crippen LogP contribution in [0.4, 0.5) is 10.5 Å². The average Bonchev–Trinajstić information content (AvgIpc) is 3.63. The van der Waals surface area contributed by atoms with Gasteiger partial charge in [0, 0.05) is 41.7 Å². The number of nitrogens with zero attached hydrogens (tertiary/aromatic N) is 3. The topological polar surface area (TPSA) is 109 Å². The molecule has 1 aliphatic carbocycles. The Balaban J connectivity index is 1.38. The molecule has 2 aromatic carbocycles. The van der Waals surface area contributed by atoms with Gasteiger partial charge in [-0.25, -0.2) is 4.79 Å². The monoisotopic (exact) mass is 467 g/mol. The quantitative estimate of drug-likeness (QED) is 0.351. The van der Waals surface area contributed by atoms with Crippen LogP contribution in [0.5, 0.6) is 5.75 Å². The summed E-state index contributed by atoms with van der Waals surface area (Å²) in [5, 5.41) is 20.8. The standard InChI is InChI=1S/C27H25N5O3/c1-17-2-4-18(5-3-17)16-29-27(35)32-24(19-6-7-19)15-23(31-32)22-14-21(8-9-25(22)33)30-26(34)20-10-12-28-13-11-20/h2-5,8-15,19,33H,6-7,16H2,1H3,(H,29,35)(H,30,34). The first-order chi connectivity index (χ1) is 17.0. The molecule has 0 aliphatic heterocycles. The molecule has 1 fully saturated rings. The van der Waals surface area contributed by atoms with E-state index >= 15 is 0 Å². The van der Waals surface area contributed by atoms with Crippen LogP contribution >= 0.6 is 0 Å². The number of nitrogens with one attached hydrogen (secondary N) is 2. The largest absolute Gasteiger partial charge is 0.507 e. The minimum absolute atomic E-state index is 0.0129. The first kappa shape index (κ1) is 22.3. The maximum atomic E-state index is 13.0. The van der Waals surface area contributed by atoms with Gasteiger partial charge < -0.3 is 15.7 Å². The van der Waals surface area contributed by atoms with Crippen molar-refractivity contribution in [1.82, 2.24) is 20.1 Å². The van der Waals surface area contributed by atoms with Crippen LogP contribution in [0.15, 0.2) is 73.1 Å². The van der Waals surface area contributed by atoms with Crippen LogP contribution in [-0.2, 0) is 6.54 Å². The highest BCUT2D eigenvalue weighted by atomic mass is 16.3. The van der Waals surface area contributed by atoms with E-state index in [1.807, 2.05) is 37.3 Å². The summed E-state index contributed by atoms with van der Waals surface area (Å²) >= 11 is 0. The minimum Gasteiger partial charge on any atom is -0.507 e. The SMILES string of the molecule is Cc1ccc(CNC(=O)n2nc(-c3cc(NC(=O)c4ccncc4)ccc3O)cc2C2CC2)cc1. The minimum atomic E-state index is -0.319. The predicted molar refractivity (Wildman–Crippen MR) is 132 cm³/mol. The van der Waals surface area contributed by atoms with Gasteiger partial charge in [0.15, 0.2) is 0 Å². The van der Waals surface area contributed by atoms with Gasteiger partial charge in [-0.2, -0.15) is 9.78 Å². The molecule has 8 heteroatoms. The zero-order valence-electron chi connectivity index (χ0n) is 19.2. The fourth-order valence-corrected chi connectivity index (χ4v) is 3.84. The summed E-state index contributed by atoms with van der Waals surface area (Å²) in [6, 6.07) is 17.5. The molecule has 4 aromatic rings. The molecule has 0 spiro atoms. The Morgan fingerprint density at radius 3 is 2.49 bits per heavy atom. The van der Waals surface area contributed by atoms with Gasteiger partial charge in [-0.1, -0.05) is 29.8 Å². The number of aromatic nitrogens is 3. The molecule has 0 bridgehead atoms. The van der Waals surface area contributed by atoms with Gasteiger partial charge in [0.05, 0.1) is 11.4 Å². The van der Waals surface area contributed by atoms with Crippen LogP contribution in [0.25, 0.3) is 11.3 Å². The number of phenols is 1. The number of pyridine rings is 1. The van der Waals surface area contributed by atoms with Gasteiger partial charge >= 0.3 is 6.03 Å². The summed E-state index contributed by atoms with van der Waals surface area (Å²) in [6.45, 7) is 2.41. The zero-order chi connectivity index (χ0) is 24.4. The fraction of sp³-hybridized carbons (Fsp3) is 0.185. The van der Waals surface area contributed by atoms with Crippen LogP contribution in [0.3, 0.4) is 0 Å². The number of amides is 2. The van der Waals surface area contributed by atoms with Crippen LogP contribution in [0.2, 0.25) is 0 Å². The normalized spacial score (nSPS) is 12.8. The molecule has 2 heterocycles. The van der Waals surface area contributed by atoms with Crippen molar-refractivity contribution in [3.8, 4) is 17.0 Å². The summed E-state index contributed by atoms with van der Waals surface area (Å²) < 4.78 is 1.39. The van der Waals surface area contributed by atoms with Crippen LogP contribution in [-0.4, -0.2) is 31.8 Å². The van der Waals surface area contributed by atoms with E-state index in [0.717, 1.165) is 29.7 Å². The molecule has 0 atom stereocenters. The van der Waals surface area contributed by atoms with Crippen molar-refractivity contribution >= 4 is 17.6 Å². The van der Waals surface area contributed by atoms with Gasteiger partial charge in [0.2, 0.25) is 0 Å². The second-order valence-corrected chi connectivity index (χ2v) is 8.71. The van der Waals surface area contributed by atoms with Crippen molar-refractivity contribution in [1.29, 1.82) is 0 Å². The van der Waals surface area contributed by atoms with E-state index in [-0.39, 0.29) is 23.6 Å². The van der Waals surface area contributed by atoms with Crippen molar-refractivity contribution in [2.45, 2.75) is 32.2 Å². The fourth-order valence-electron chi connectivity index (χ4n) is 3.84. The zero-order valence-corrected chi connectivity index (χ0v) is 19.2. The van der Waals surface area contributed by atoms with E-state index in [4.69, 9.17) is 0 Å². The number of hydrogen-bond acceptors (Lipinski definition) is 5. The van der Waals surface area contributed by atoms with Crippen molar-refractivity contribution in [3.05, 3.63) is 95.4 Å². The smallest absolute Gasteiger partial charge is 0.342 e. The molecule has 0 unspecified atom stereocenters. The number of carbonyl (C=O) groups excluding carboxylic acids is 2. The first-order valence-corrected chi connectivity index (χ1v) is 11.5. The summed E-state index contributed by atoms with van der Waals surface area (Å²) in [5.41, 5.74) is 4.85.